The van der Waals surface area contributed by atoms with Crippen LogP contribution < -0.4 is 10.6 Å². The van der Waals surface area contributed by atoms with Crippen LogP contribution in [0.4, 0.5) is 11.5 Å². The third-order valence-corrected chi connectivity index (χ3v) is 4.06. The molecule has 2 N–H and O–H groups in total. The van der Waals surface area contributed by atoms with Crippen LogP contribution in [-0.4, -0.2) is 17.4 Å². The van der Waals surface area contributed by atoms with Crippen molar-refractivity contribution in [2.45, 2.75) is 13.8 Å². The third-order valence-electron chi connectivity index (χ3n) is 2.87. The van der Waals surface area contributed by atoms with E-state index >= 15 is 0 Å². The van der Waals surface area contributed by atoms with Crippen molar-refractivity contribution in [2.24, 2.45) is 0 Å². The molecule has 6 heteroatoms. The van der Waals surface area contributed by atoms with E-state index in [1.807, 2.05) is 32.0 Å². The van der Waals surface area contributed by atoms with Gasteiger partial charge in [0.2, 0.25) is 0 Å². The van der Waals surface area contributed by atoms with Gasteiger partial charge in [-0.05, 0) is 43.7 Å². The summed E-state index contributed by atoms with van der Waals surface area (Å²) in [6.07, 6.45) is 1.47. The van der Waals surface area contributed by atoms with E-state index in [1.165, 1.54) is 6.20 Å². The molecule has 0 aliphatic carbocycles. The summed E-state index contributed by atoms with van der Waals surface area (Å²) >= 11 is 9.48. The van der Waals surface area contributed by atoms with Crippen molar-refractivity contribution in [1.82, 2.24) is 4.98 Å². The summed E-state index contributed by atoms with van der Waals surface area (Å²) in [5.41, 5.74) is 2.16. The minimum absolute atomic E-state index is 0.261. The van der Waals surface area contributed by atoms with Crippen molar-refractivity contribution in [2.75, 3.05) is 17.2 Å². The fourth-order valence-corrected chi connectivity index (χ4v) is 2.25. The summed E-state index contributed by atoms with van der Waals surface area (Å²) in [6, 6.07) is 7.26. The standard InChI is InChI=1S/C15H15BrClN3O/c1-3-18-14-7-11(13(17)8-19-14)15(21)20-10-4-5-12(16)9(2)6-10/h4-8H,3H2,1-2H3,(H,18,19)(H,20,21). The number of benzene rings is 1. The van der Waals surface area contributed by atoms with Crippen LogP contribution in [0.2, 0.25) is 5.02 Å². The van der Waals surface area contributed by atoms with Gasteiger partial charge in [-0.1, -0.05) is 27.5 Å². The van der Waals surface area contributed by atoms with Crippen molar-refractivity contribution in [3.8, 4) is 0 Å². The van der Waals surface area contributed by atoms with Crippen LogP contribution in [0, 0.1) is 6.92 Å². The summed E-state index contributed by atoms with van der Waals surface area (Å²) in [5, 5.41) is 6.21. The van der Waals surface area contributed by atoms with Crippen molar-refractivity contribution >= 4 is 44.9 Å². The molecular weight excluding hydrogens is 354 g/mol. The quantitative estimate of drug-likeness (QED) is 0.836. The molecule has 0 aliphatic rings. The highest BCUT2D eigenvalue weighted by Gasteiger charge is 2.12. The predicted molar refractivity (Wildman–Crippen MR) is 90.2 cm³/mol. The zero-order valence-electron chi connectivity index (χ0n) is 11.7. The average Bonchev–Trinajstić information content (AvgIpc) is 2.45. The Kier molecular flexibility index (Phi) is 5.20. The monoisotopic (exact) mass is 367 g/mol. The summed E-state index contributed by atoms with van der Waals surface area (Å²) in [4.78, 5) is 16.4. The minimum atomic E-state index is -0.261. The van der Waals surface area contributed by atoms with E-state index in [9.17, 15) is 4.79 Å². The number of pyridine rings is 1. The van der Waals surface area contributed by atoms with Gasteiger partial charge in [0.15, 0.2) is 0 Å². The highest BCUT2D eigenvalue weighted by atomic mass is 79.9. The molecule has 4 nitrogen and oxygen atoms in total. The number of carbonyl (C=O) groups is 1. The van der Waals surface area contributed by atoms with Crippen LogP contribution in [-0.2, 0) is 0 Å². The molecule has 0 saturated carbocycles. The van der Waals surface area contributed by atoms with Crippen molar-refractivity contribution in [1.29, 1.82) is 0 Å². The van der Waals surface area contributed by atoms with Crippen molar-refractivity contribution in [3.63, 3.8) is 0 Å². The maximum Gasteiger partial charge on any atom is 0.257 e. The summed E-state index contributed by atoms with van der Waals surface area (Å²) < 4.78 is 0.997. The molecule has 1 amide bonds. The Morgan fingerprint density at radius 2 is 2.14 bits per heavy atom. The van der Waals surface area contributed by atoms with E-state index in [1.54, 1.807) is 6.07 Å². The van der Waals surface area contributed by atoms with E-state index < -0.39 is 0 Å². The number of rotatable bonds is 4. The molecule has 0 bridgehead atoms. The molecule has 1 aromatic heterocycles. The van der Waals surface area contributed by atoms with Crippen LogP contribution >= 0.6 is 27.5 Å². The molecule has 0 unspecified atom stereocenters. The van der Waals surface area contributed by atoms with E-state index in [4.69, 9.17) is 11.6 Å². The lowest BCUT2D eigenvalue weighted by Gasteiger charge is -2.10. The SMILES string of the molecule is CCNc1cc(C(=O)Nc2ccc(Br)c(C)c2)c(Cl)cn1. The Hall–Kier alpha value is -1.59. The first-order valence-corrected chi connectivity index (χ1v) is 7.65. The number of carbonyl (C=O) groups excluding carboxylic acids is 1. The van der Waals surface area contributed by atoms with Crippen LogP contribution in [0.5, 0.6) is 0 Å². The largest absolute Gasteiger partial charge is 0.370 e. The molecule has 1 aromatic carbocycles. The van der Waals surface area contributed by atoms with Gasteiger partial charge in [0, 0.05) is 22.9 Å². The Balaban J connectivity index is 2.23. The van der Waals surface area contributed by atoms with Crippen molar-refractivity contribution < 1.29 is 4.79 Å². The Morgan fingerprint density at radius 3 is 2.81 bits per heavy atom. The number of hydrogen-bond donors (Lipinski definition) is 2. The van der Waals surface area contributed by atoms with Gasteiger partial charge in [-0.2, -0.15) is 0 Å². The molecule has 110 valence electrons. The lowest BCUT2D eigenvalue weighted by atomic mass is 10.2. The highest BCUT2D eigenvalue weighted by molar-refractivity contribution is 9.10. The zero-order chi connectivity index (χ0) is 15.4. The maximum absolute atomic E-state index is 12.3. The Labute approximate surface area is 137 Å². The van der Waals surface area contributed by atoms with E-state index in [2.05, 4.69) is 31.5 Å². The lowest BCUT2D eigenvalue weighted by Crippen LogP contribution is -2.13. The van der Waals surface area contributed by atoms with E-state index in [0.717, 1.165) is 22.3 Å². The molecule has 0 atom stereocenters. The third kappa shape index (κ3) is 3.95. The van der Waals surface area contributed by atoms with E-state index in [-0.39, 0.29) is 5.91 Å². The van der Waals surface area contributed by atoms with Gasteiger partial charge in [-0.15, -0.1) is 0 Å². The lowest BCUT2D eigenvalue weighted by molar-refractivity contribution is 0.102. The first-order valence-electron chi connectivity index (χ1n) is 6.48. The number of halogens is 2. The fraction of sp³-hybridized carbons (Fsp3) is 0.200. The van der Waals surface area contributed by atoms with Gasteiger partial charge >= 0.3 is 0 Å². The van der Waals surface area contributed by atoms with Gasteiger partial charge in [-0.3, -0.25) is 4.79 Å². The van der Waals surface area contributed by atoms with Gasteiger partial charge in [0.05, 0.1) is 10.6 Å². The second-order valence-corrected chi connectivity index (χ2v) is 5.76. The molecule has 2 rings (SSSR count). The molecule has 1 heterocycles. The van der Waals surface area contributed by atoms with Gasteiger partial charge < -0.3 is 10.6 Å². The van der Waals surface area contributed by atoms with Gasteiger partial charge in [0.25, 0.3) is 5.91 Å². The average molecular weight is 369 g/mol. The number of anilines is 2. The molecule has 0 fully saturated rings. The Bertz CT molecular complexity index is 676. The first kappa shape index (κ1) is 15.8. The molecule has 0 saturated heterocycles. The zero-order valence-corrected chi connectivity index (χ0v) is 14.0. The van der Waals surface area contributed by atoms with Crippen molar-refractivity contribution in [3.05, 3.63) is 51.1 Å². The van der Waals surface area contributed by atoms with E-state index in [0.29, 0.717) is 16.4 Å². The van der Waals surface area contributed by atoms with Crippen LogP contribution in [0.3, 0.4) is 0 Å². The molecule has 2 aromatic rings. The summed E-state index contributed by atoms with van der Waals surface area (Å²) in [7, 11) is 0. The van der Waals surface area contributed by atoms with Crippen LogP contribution in [0.1, 0.15) is 22.8 Å². The number of nitrogens with zero attached hydrogens (tertiary/aromatic N) is 1. The maximum atomic E-state index is 12.3. The molecule has 0 radical (unpaired) electrons. The smallest absolute Gasteiger partial charge is 0.257 e. The number of aryl methyl sites for hydroxylation is 1. The number of nitrogens with one attached hydrogen (secondary N) is 2. The minimum Gasteiger partial charge on any atom is -0.370 e. The summed E-state index contributed by atoms with van der Waals surface area (Å²) in [6.45, 7) is 4.64. The van der Waals surface area contributed by atoms with Crippen LogP contribution in [0.15, 0.2) is 34.9 Å². The normalized spacial score (nSPS) is 10.3. The second kappa shape index (κ2) is 6.91. The number of aromatic nitrogens is 1. The molecule has 21 heavy (non-hydrogen) atoms. The summed E-state index contributed by atoms with van der Waals surface area (Å²) in [5.74, 6) is 0.363. The second-order valence-electron chi connectivity index (χ2n) is 4.50. The topological polar surface area (TPSA) is 54.0 Å². The fourth-order valence-electron chi connectivity index (χ4n) is 1.81. The highest BCUT2D eigenvalue weighted by Crippen LogP contribution is 2.22. The molecule has 0 aliphatic heterocycles. The van der Waals surface area contributed by atoms with Gasteiger partial charge in [0.1, 0.15) is 5.82 Å². The molecular formula is C15H15BrClN3O. The van der Waals surface area contributed by atoms with Crippen LogP contribution in [0.25, 0.3) is 0 Å². The van der Waals surface area contributed by atoms with Gasteiger partial charge in [-0.25, -0.2) is 4.98 Å². The number of hydrogen-bond acceptors (Lipinski definition) is 3. The number of amides is 1. The molecule has 0 spiro atoms. The first-order chi connectivity index (χ1) is 10.0. The predicted octanol–water partition coefficient (Wildman–Crippen LogP) is 4.49. The Morgan fingerprint density at radius 1 is 1.38 bits per heavy atom.